The number of rotatable bonds is 3. The van der Waals surface area contributed by atoms with Crippen LogP contribution in [0.4, 0.5) is 5.69 Å². The highest BCUT2D eigenvalue weighted by atomic mass is 32.1. The van der Waals surface area contributed by atoms with E-state index in [-0.39, 0.29) is 0 Å². The summed E-state index contributed by atoms with van der Waals surface area (Å²) in [6.07, 6.45) is 0. The predicted octanol–water partition coefficient (Wildman–Crippen LogP) is 3.85. The van der Waals surface area contributed by atoms with E-state index in [9.17, 15) is 0 Å². The van der Waals surface area contributed by atoms with Crippen molar-refractivity contribution >= 4 is 17.0 Å². The van der Waals surface area contributed by atoms with Crippen molar-refractivity contribution in [2.75, 3.05) is 5.32 Å². The normalized spacial score (nSPS) is 9.94. The number of anilines is 1. The molecule has 0 saturated carbocycles. The lowest BCUT2D eigenvalue weighted by atomic mass is 10.1. The Balaban J connectivity index is 2.17. The molecule has 0 bridgehead atoms. The molecule has 17 heavy (non-hydrogen) atoms. The predicted molar refractivity (Wildman–Crippen MR) is 72.3 cm³/mol. The molecule has 2 nitrogen and oxygen atoms in total. The summed E-state index contributed by atoms with van der Waals surface area (Å²) in [6.45, 7) is 4.89. The third-order valence-electron chi connectivity index (χ3n) is 2.63. The molecule has 2 rings (SSSR count). The molecule has 0 radical (unpaired) electrons. The number of hydrogen-bond acceptors (Lipinski definition) is 3. The average Bonchev–Trinajstić information content (AvgIpc) is 2.73. The van der Waals surface area contributed by atoms with Gasteiger partial charge in [-0.25, -0.2) is 0 Å². The van der Waals surface area contributed by atoms with Gasteiger partial charge in [0.05, 0.1) is 11.3 Å². The highest BCUT2D eigenvalue weighted by molar-refractivity contribution is 7.11. The molecular weight excluding hydrogens is 228 g/mol. The van der Waals surface area contributed by atoms with Crippen LogP contribution >= 0.6 is 11.3 Å². The number of para-hydroxylation sites is 1. The van der Waals surface area contributed by atoms with E-state index in [0.29, 0.717) is 5.56 Å². The number of benzene rings is 1. The Hall–Kier alpha value is -1.79. The van der Waals surface area contributed by atoms with E-state index in [0.717, 1.165) is 17.8 Å². The smallest absolute Gasteiger partial charge is 0.101 e. The Morgan fingerprint density at radius 3 is 2.71 bits per heavy atom. The van der Waals surface area contributed by atoms with Crippen LogP contribution in [-0.4, -0.2) is 0 Å². The fraction of sp³-hybridized carbons (Fsp3) is 0.214. The number of nitriles is 1. The molecule has 1 heterocycles. The van der Waals surface area contributed by atoms with E-state index in [4.69, 9.17) is 5.26 Å². The molecule has 3 heteroatoms. The lowest BCUT2D eigenvalue weighted by molar-refractivity contribution is 1.17. The van der Waals surface area contributed by atoms with Crippen LogP contribution in [0, 0.1) is 25.2 Å². The Labute approximate surface area is 106 Å². The molecule has 0 saturated heterocycles. The molecule has 0 amide bonds. The van der Waals surface area contributed by atoms with Crippen LogP contribution in [0.3, 0.4) is 0 Å². The minimum absolute atomic E-state index is 0.707. The van der Waals surface area contributed by atoms with Crippen molar-refractivity contribution in [2.45, 2.75) is 20.4 Å². The first-order valence-electron chi connectivity index (χ1n) is 5.49. The third-order valence-corrected chi connectivity index (χ3v) is 3.63. The van der Waals surface area contributed by atoms with Gasteiger partial charge < -0.3 is 5.32 Å². The summed E-state index contributed by atoms with van der Waals surface area (Å²) in [5.41, 5.74) is 2.76. The maximum Gasteiger partial charge on any atom is 0.101 e. The zero-order valence-corrected chi connectivity index (χ0v) is 10.8. The summed E-state index contributed by atoms with van der Waals surface area (Å²) in [6, 6.07) is 12.2. The zero-order valence-electron chi connectivity index (χ0n) is 9.95. The first-order valence-corrected chi connectivity index (χ1v) is 6.31. The van der Waals surface area contributed by atoms with Gasteiger partial charge in [-0.05, 0) is 37.6 Å². The van der Waals surface area contributed by atoms with E-state index < -0.39 is 0 Å². The molecule has 0 aliphatic heterocycles. The van der Waals surface area contributed by atoms with Gasteiger partial charge in [0.2, 0.25) is 0 Å². The summed E-state index contributed by atoms with van der Waals surface area (Å²) in [7, 11) is 0. The second kappa shape index (κ2) is 5.03. The second-order valence-corrected chi connectivity index (χ2v) is 5.35. The fourth-order valence-electron chi connectivity index (χ4n) is 1.75. The summed E-state index contributed by atoms with van der Waals surface area (Å²) in [5, 5.41) is 12.4. The molecule has 1 aromatic heterocycles. The second-order valence-electron chi connectivity index (χ2n) is 3.98. The van der Waals surface area contributed by atoms with Gasteiger partial charge in [-0.3, -0.25) is 0 Å². The Morgan fingerprint density at radius 2 is 2.06 bits per heavy atom. The third kappa shape index (κ3) is 2.66. The molecule has 1 N–H and O–H groups in total. The van der Waals surface area contributed by atoms with Crippen LogP contribution in [0.2, 0.25) is 0 Å². The molecule has 86 valence electrons. The molecule has 0 aliphatic rings. The van der Waals surface area contributed by atoms with Crippen molar-refractivity contribution in [3.8, 4) is 6.07 Å². The number of hydrogen-bond donors (Lipinski definition) is 1. The lowest BCUT2D eigenvalue weighted by Gasteiger charge is -2.10. The van der Waals surface area contributed by atoms with Crippen LogP contribution in [0.25, 0.3) is 0 Å². The van der Waals surface area contributed by atoms with Crippen LogP contribution in [-0.2, 0) is 6.54 Å². The summed E-state index contributed by atoms with van der Waals surface area (Å²) >= 11 is 1.78. The van der Waals surface area contributed by atoms with Crippen molar-refractivity contribution in [3.63, 3.8) is 0 Å². The molecule has 0 unspecified atom stereocenters. The van der Waals surface area contributed by atoms with Crippen molar-refractivity contribution in [1.29, 1.82) is 5.26 Å². The maximum atomic E-state index is 9.06. The Bertz CT molecular complexity index is 564. The summed E-state index contributed by atoms with van der Waals surface area (Å²) in [5.74, 6) is 0. The first kappa shape index (κ1) is 11.7. The Kier molecular flexibility index (Phi) is 3.46. The van der Waals surface area contributed by atoms with E-state index in [1.165, 1.54) is 9.75 Å². The van der Waals surface area contributed by atoms with Crippen LogP contribution in [0.15, 0.2) is 30.3 Å². The highest BCUT2D eigenvalue weighted by Gasteiger charge is 2.05. The van der Waals surface area contributed by atoms with Crippen molar-refractivity contribution in [3.05, 3.63) is 51.2 Å². The van der Waals surface area contributed by atoms with Crippen molar-refractivity contribution in [2.24, 2.45) is 0 Å². The van der Waals surface area contributed by atoms with Gasteiger partial charge in [0.25, 0.3) is 0 Å². The molecule has 2 aromatic rings. The van der Waals surface area contributed by atoms with E-state index in [1.807, 2.05) is 25.1 Å². The van der Waals surface area contributed by atoms with Crippen LogP contribution in [0.1, 0.15) is 20.9 Å². The quantitative estimate of drug-likeness (QED) is 0.887. The minimum atomic E-state index is 0.707. The standard InChI is InChI=1S/C14H14N2S/c1-10-4-3-5-12(8-15)14(10)16-9-13-7-6-11(2)17-13/h3-7,16H,9H2,1-2H3. The van der Waals surface area contributed by atoms with Crippen LogP contribution < -0.4 is 5.32 Å². The number of aryl methyl sites for hydroxylation is 2. The average molecular weight is 242 g/mol. The molecule has 0 atom stereocenters. The summed E-state index contributed by atoms with van der Waals surface area (Å²) < 4.78 is 0. The van der Waals surface area contributed by atoms with Gasteiger partial charge in [0.15, 0.2) is 0 Å². The van der Waals surface area contributed by atoms with E-state index in [1.54, 1.807) is 11.3 Å². The molecule has 1 aromatic carbocycles. The number of nitrogens with one attached hydrogen (secondary N) is 1. The topological polar surface area (TPSA) is 35.8 Å². The summed E-state index contributed by atoms with van der Waals surface area (Å²) in [4.78, 5) is 2.60. The molecule has 0 fully saturated rings. The maximum absolute atomic E-state index is 9.06. The number of thiophene rings is 1. The van der Waals surface area contributed by atoms with Gasteiger partial charge in [-0.2, -0.15) is 5.26 Å². The molecular formula is C14H14N2S. The first-order chi connectivity index (χ1) is 8.20. The zero-order chi connectivity index (χ0) is 12.3. The fourth-order valence-corrected chi connectivity index (χ4v) is 2.58. The van der Waals surface area contributed by atoms with Gasteiger partial charge in [-0.1, -0.05) is 12.1 Å². The Morgan fingerprint density at radius 1 is 1.24 bits per heavy atom. The SMILES string of the molecule is Cc1ccc(CNc2c(C)cccc2C#N)s1. The largest absolute Gasteiger partial charge is 0.379 e. The van der Waals surface area contributed by atoms with Gasteiger partial charge >= 0.3 is 0 Å². The highest BCUT2D eigenvalue weighted by Crippen LogP contribution is 2.22. The van der Waals surface area contributed by atoms with Crippen LogP contribution in [0.5, 0.6) is 0 Å². The minimum Gasteiger partial charge on any atom is -0.379 e. The van der Waals surface area contributed by atoms with Gasteiger partial charge in [-0.15, -0.1) is 11.3 Å². The monoisotopic (exact) mass is 242 g/mol. The number of nitrogens with zero attached hydrogens (tertiary/aromatic N) is 1. The lowest BCUT2D eigenvalue weighted by Crippen LogP contribution is -2.01. The van der Waals surface area contributed by atoms with E-state index >= 15 is 0 Å². The van der Waals surface area contributed by atoms with E-state index in [2.05, 4.69) is 30.4 Å². The van der Waals surface area contributed by atoms with Crippen molar-refractivity contribution < 1.29 is 0 Å². The molecule has 0 aliphatic carbocycles. The van der Waals surface area contributed by atoms with Gasteiger partial charge in [0, 0.05) is 16.3 Å². The van der Waals surface area contributed by atoms with Gasteiger partial charge in [0.1, 0.15) is 6.07 Å². The molecule has 0 spiro atoms. The van der Waals surface area contributed by atoms with Crippen molar-refractivity contribution in [1.82, 2.24) is 0 Å².